The predicted octanol–water partition coefficient (Wildman–Crippen LogP) is 6.99. The van der Waals surface area contributed by atoms with Crippen molar-refractivity contribution in [2.24, 2.45) is 0 Å². The minimum Gasteiger partial charge on any atom is -0.166 e. The number of benzene rings is 2. The summed E-state index contributed by atoms with van der Waals surface area (Å²) in [6.07, 6.45) is -4.50. The fourth-order valence-corrected chi connectivity index (χ4v) is 2.54. The zero-order valence-electron chi connectivity index (χ0n) is 9.53. The van der Waals surface area contributed by atoms with Crippen molar-refractivity contribution in [1.29, 1.82) is 0 Å². The van der Waals surface area contributed by atoms with Crippen LogP contribution in [0, 0.1) is 0 Å². The minimum atomic E-state index is -4.50. The highest BCUT2D eigenvalue weighted by Crippen LogP contribution is 2.39. The Balaban J connectivity index is 2.64. The van der Waals surface area contributed by atoms with E-state index >= 15 is 0 Å². The molecule has 2 aromatic carbocycles. The van der Waals surface area contributed by atoms with Gasteiger partial charge >= 0.3 is 6.18 Å². The van der Waals surface area contributed by atoms with Crippen molar-refractivity contribution in [3.05, 3.63) is 56.0 Å². The van der Waals surface area contributed by atoms with E-state index in [9.17, 15) is 13.2 Å². The molecule has 2 rings (SSSR count). The van der Waals surface area contributed by atoms with Crippen molar-refractivity contribution in [1.82, 2.24) is 0 Å². The summed E-state index contributed by atoms with van der Waals surface area (Å²) in [5, 5.41) is 0.560. The van der Waals surface area contributed by atoms with Gasteiger partial charge in [0.2, 0.25) is 0 Å². The van der Waals surface area contributed by atoms with E-state index in [-0.39, 0.29) is 25.7 Å². The monoisotopic (exact) mass is 358 g/mol. The summed E-state index contributed by atoms with van der Waals surface area (Å²) in [6, 6.07) is 5.95. The Labute approximate surface area is 133 Å². The summed E-state index contributed by atoms with van der Waals surface area (Å²) in [4.78, 5) is 0. The van der Waals surface area contributed by atoms with Crippen LogP contribution >= 0.6 is 46.4 Å². The molecule has 0 aromatic heterocycles. The third-order valence-corrected chi connectivity index (χ3v) is 3.80. The van der Waals surface area contributed by atoms with Crippen LogP contribution in [0.1, 0.15) is 5.56 Å². The fraction of sp³-hybridized carbons (Fsp3) is 0.0769. The quantitative estimate of drug-likeness (QED) is 0.481. The fourth-order valence-electron chi connectivity index (χ4n) is 1.65. The van der Waals surface area contributed by atoms with Crippen LogP contribution in [0.15, 0.2) is 30.3 Å². The average Bonchev–Trinajstić information content (AvgIpc) is 2.32. The van der Waals surface area contributed by atoms with Crippen LogP contribution in [0.3, 0.4) is 0 Å². The Morgan fingerprint density at radius 1 is 0.700 bits per heavy atom. The molecule has 0 spiro atoms. The lowest BCUT2D eigenvalue weighted by Gasteiger charge is -2.12. The van der Waals surface area contributed by atoms with Gasteiger partial charge in [-0.05, 0) is 35.9 Å². The van der Waals surface area contributed by atoms with E-state index in [1.807, 2.05) is 0 Å². The summed E-state index contributed by atoms with van der Waals surface area (Å²) in [7, 11) is 0. The van der Waals surface area contributed by atoms with Gasteiger partial charge in [0, 0.05) is 15.6 Å². The van der Waals surface area contributed by atoms with E-state index in [2.05, 4.69) is 0 Å². The number of hydrogen-bond acceptors (Lipinski definition) is 0. The van der Waals surface area contributed by atoms with Gasteiger partial charge in [0.15, 0.2) is 0 Å². The van der Waals surface area contributed by atoms with Crippen LogP contribution in [0.5, 0.6) is 0 Å². The molecule has 0 aliphatic rings. The first-order chi connectivity index (χ1) is 9.18. The van der Waals surface area contributed by atoms with Gasteiger partial charge in [-0.2, -0.15) is 13.2 Å². The highest BCUT2D eigenvalue weighted by Gasteiger charge is 2.31. The average molecular weight is 360 g/mol. The predicted molar refractivity (Wildman–Crippen MR) is 76.9 cm³/mol. The van der Waals surface area contributed by atoms with E-state index in [1.54, 1.807) is 0 Å². The van der Waals surface area contributed by atoms with Gasteiger partial charge < -0.3 is 0 Å². The summed E-state index contributed by atoms with van der Waals surface area (Å²) < 4.78 is 38.3. The summed E-state index contributed by atoms with van der Waals surface area (Å²) in [5.41, 5.74) is -0.315. The molecule has 0 N–H and O–H groups in total. The van der Waals surface area contributed by atoms with Crippen molar-refractivity contribution >= 4 is 46.4 Å². The molecule has 0 nitrogen and oxygen atoms in total. The molecular weight excluding hydrogens is 355 g/mol. The third kappa shape index (κ3) is 3.34. The minimum absolute atomic E-state index is 0.0445. The Kier molecular flexibility index (Phi) is 4.45. The molecule has 0 heterocycles. The highest BCUT2D eigenvalue weighted by molar-refractivity contribution is 6.44. The summed E-state index contributed by atoms with van der Waals surface area (Å²) >= 11 is 23.4. The molecule has 2 aromatic rings. The normalized spacial score (nSPS) is 11.8. The molecule has 106 valence electrons. The van der Waals surface area contributed by atoms with E-state index in [1.165, 1.54) is 18.2 Å². The highest BCUT2D eigenvalue weighted by atomic mass is 35.5. The van der Waals surface area contributed by atoms with Gasteiger partial charge in [-0.3, -0.25) is 0 Å². The van der Waals surface area contributed by atoms with Crippen LogP contribution in [-0.2, 0) is 6.18 Å². The lowest BCUT2D eigenvalue weighted by atomic mass is 10.0. The molecule has 0 atom stereocenters. The first-order valence-electron chi connectivity index (χ1n) is 5.21. The molecule has 0 aliphatic carbocycles. The standard InChI is InChI=1S/C13H5Cl4F3/c14-8-2-6(1-7(3-8)13(18,19)20)9-4-11(16)12(17)5-10(9)15/h1-5H. The van der Waals surface area contributed by atoms with E-state index in [0.717, 1.165) is 12.1 Å². The number of halogens is 7. The molecule has 0 unspecified atom stereocenters. The maximum atomic E-state index is 12.8. The maximum Gasteiger partial charge on any atom is 0.416 e. The molecule has 0 amide bonds. The van der Waals surface area contributed by atoms with E-state index < -0.39 is 11.7 Å². The second kappa shape index (κ2) is 5.64. The van der Waals surface area contributed by atoms with E-state index in [4.69, 9.17) is 46.4 Å². The number of alkyl halides is 3. The lowest BCUT2D eigenvalue weighted by molar-refractivity contribution is -0.137. The van der Waals surface area contributed by atoms with Gasteiger partial charge in [-0.15, -0.1) is 0 Å². The molecular formula is C13H5Cl4F3. The van der Waals surface area contributed by atoms with Crippen LogP contribution in [0.25, 0.3) is 11.1 Å². The molecule has 7 heteroatoms. The molecule has 0 saturated carbocycles. The van der Waals surface area contributed by atoms with Crippen molar-refractivity contribution in [2.45, 2.75) is 6.18 Å². The molecule has 20 heavy (non-hydrogen) atoms. The first kappa shape index (κ1) is 15.8. The Morgan fingerprint density at radius 2 is 1.30 bits per heavy atom. The topological polar surface area (TPSA) is 0 Å². The SMILES string of the molecule is FC(F)(F)c1cc(Cl)cc(-c2cc(Cl)c(Cl)cc2Cl)c1. The first-order valence-corrected chi connectivity index (χ1v) is 6.72. The van der Waals surface area contributed by atoms with Crippen molar-refractivity contribution in [3.8, 4) is 11.1 Å². The van der Waals surface area contributed by atoms with E-state index in [0.29, 0.717) is 5.56 Å². The second-order valence-corrected chi connectivity index (χ2v) is 5.63. The summed E-state index contributed by atoms with van der Waals surface area (Å²) in [5.74, 6) is 0. The smallest absolute Gasteiger partial charge is 0.166 e. The van der Waals surface area contributed by atoms with Crippen LogP contribution in [0.4, 0.5) is 13.2 Å². The van der Waals surface area contributed by atoms with Crippen LogP contribution in [-0.4, -0.2) is 0 Å². The maximum absolute atomic E-state index is 12.8. The van der Waals surface area contributed by atoms with Gasteiger partial charge in [0.05, 0.1) is 15.6 Å². The molecule has 0 radical (unpaired) electrons. The van der Waals surface area contributed by atoms with Gasteiger partial charge in [-0.1, -0.05) is 46.4 Å². The van der Waals surface area contributed by atoms with Crippen molar-refractivity contribution < 1.29 is 13.2 Å². The molecule has 0 aliphatic heterocycles. The number of hydrogen-bond donors (Lipinski definition) is 0. The zero-order chi connectivity index (χ0) is 15.1. The summed E-state index contributed by atoms with van der Waals surface area (Å²) in [6.45, 7) is 0. The molecule has 0 saturated heterocycles. The number of rotatable bonds is 1. The lowest BCUT2D eigenvalue weighted by Crippen LogP contribution is -2.04. The van der Waals surface area contributed by atoms with Crippen molar-refractivity contribution in [2.75, 3.05) is 0 Å². The van der Waals surface area contributed by atoms with Gasteiger partial charge in [-0.25, -0.2) is 0 Å². The third-order valence-electron chi connectivity index (χ3n) is 2.55. The van der Waals surface area contributed by atoms with Crippen LogP contribution in [0.2, 0.25) is 20.1 Å². The Bertz CT molecular complexity index is 665. The molecule has 0 bridgehead atoms. The van der Waals surface area contributed by atoms with Gasteiger partial charge in [0.1, 0.15) is 0 Å². The second-order valence-electron chi connectivity index (χ2n) is 3.97. The zero-order valence-corrected chi connectivity index (χ0v) is 12.6. The van der Waals surface area contributed by atoms with Crippen LogP contribution < -0.4 is 0 Å². The van der Waals surface area contributed by atoms with Crippen molar-refractivity contribution in [3.63, 3.8) is 0 Å². The largest absolute Gasteiger partial charge is 0.416 e. The Hall–Kier alpha value is -0.610. The Morgan fingerprint density at radius 3 is 1.90 bits per heavy atom. The van der Waals surface area contributed by atoms with Gasteiger partial charge in [0.25, 0.3) is 0 Å². The molecule has 0 fully saturated rings.